The predicted molar refractivity (Wildman–Crippen MR) is 124 cm³/mol. The van der Waals surface area contributed by atoms with E-state index in [1.54, 1.807) is 24.3 Å². The minimum absolute atomic E-state index is 0.0841. The van der Waals surface area contributed by atoms with E-state index in [1.807, 2.05) is 0 Å². The van der Waals surface area contributed by atoms with Crippen molar-refractivity contribution in [2.75, 3.05) is 7.05 Å². The third-order valence-corrected chi connectivity index (χ3v) is 6.77. The number of fused-ring (bicyclic) bond motifs is 1. The molecule has 2 aromatic carbocycles. The first-order chi connectivity index (χ1) is 16.7. The topological polar surface area (TPSA) is 148 Å². The molecule has 2 aliphatic heterocycles. The van der Waals surface area contributed by atoms with Crippen molar-refractivity contribution < 1.29 is 33.9 Å². The van der Waals surface area contributed by atoms with Gasteiger partial charge in [0.1, 0.15) is 17.7 Å². The molecule has 0 aliphatic carbocycles. The van der Waals surface area contributed by atoms with E-state index in [-0.39, 0.29) is 29.0 Å². The third-order valence-electron chi connectivity index (χ3n) is 5.53. The van der Waals surface area contributed by atoms with E-state index in [2.05, 4.69) is 5.32 Å². The first-order valence-corrected chi connectivity index (χ1v) is 11.4. The lowest BCUT2D eigenvalue weighted by atomic mass is 9.92. The molecular formula is C23H21N3O8S. The average molecular weight is 500 g/mol. The highest BCUT2D eigenvalue weighted by atomic mass is 32.2. The number of nitrogens with one attached hydrogen (secondary N) is 1. The highest BCUT2D eigenvalue weighted by molar-refractivity contribution is 8.03. The molecule has 1 fully saturated rings. The van der Waals surface area contributed by atoms with Gasteiger partial charge in [-0.05, 0) is 48.9 Å². The van der Waals surface area contributed by atoms with Crippen LogP contribution in [-0.4, -0.2) is 51.2 Å². The highest BCUT2D eigenvalue weighted by Gasteiger charge is 2.58. The Bertz CT molecular complexity index is 1210. The summed E-state index contributed by atoms with van der Waals surface area (Å²) in [7, 11) is 1.51. The van der Waals surface area contributed by atoms with Gasteiger partial charge in [-0.25, -0.2) is 4.79 Å². The van der Waals surface area contributed by atoms with Gasteiger partial charge in [-0.15, -0.1) is 0 Å². The molecule has 35 heavy (non-hydrogen) atoms. The van der Waals surface area contributed by atoms with Crippen LogP contribution >= 0.6 is 11.8 Å². The zero-order valence-electron chi connectivity index (χ0n) is 18.7. The van der Waals surface area contributed by atoms with Crippen LogP contribution in [0.2, 0.25) is 0 Å². The lowest BCUT2D eigenvalue weighted by molar-refractivity contribution is -0.384. The average Bonchev–Trinajstić information content (AvgIpc) is 3.16. The number of hydrogen-bond acceptors (Lipinski definition) is 9. The smallest absolute Gasteiger partial charge is 0.359 e. The second kappa shape index (κ2) is 9.76. The zero-order valence-corrected chi connectivity index (χ0v) is 19.5. The number of carbonyl (C=O) groups is 3. The number of non-ortho nitro benzene ring substituents is 1. The molecule has 11 nitrogen and oxygen atoms in total. The summed E-state index contributed by atoms with van der Waals surface area (Å²) in [5.74, 6) is -1.87. The number of carbonyl (C=O) groups excluding carboxylic acids is 3. The van der Waals surface area contributed by atoms with Crippen LogP contribution in [0, 0.1) is 16.0 Å². The number of esters is 1. The van der Waals surface area contributed by atoms with Crippen LogP contribution in [0.4, 0.5) is 5.69 Å². The summed E-state index contributed by atoms with van der Waals surface area (Å²) in [6.45, 7) is 1.33. The molecule has 2 amide bonds. The molecule has 2 N–H and O–H groups in total. The summed E-state index contributed by atoms with van der Waals surface area (Å²) in [4.78, 5) is 48.9. The van der Waals surface area contributed by atoms with Gasteiger partial charge in [0.15, 0.2) is 10.8 Å². The Labute approximate surface area is 203 Å². The Hall–Kier alpha value is -3.90. The molecule has 2 heterocycles. The van der Waals surface area contributed by atoms with E-state index in [9.17, 15) is 29.6 Å². The number of amides is 2. The number of nitro groups is 1. The standard InChI is InChI=1S/C23H21N3O8S/c1-12(27)17-20(29)25-18(22(30)33-11-13-3-7-15(8-4-13)26(31)32)23(35-21(17)25)34-16-9-5-14(6-10-16)19(28)24-2/h3-10,12,17,21,27H,11H2,1-2H3,(H,24,28)/t12-,17+,21-/m1/s1. The summed E-state index contributed by atoms with van der Waals surface area (Å²) in [5, 5.41) is 22.9. The van der Waals surface area contributed by atoms with Crippen molar-refractivity contribution in [3.63, 3.8) is 0 Å². The molecule has 2 aromatic rings. The molecule has 182 valence electrons. The number of aliphatic hydroxyl groups excluding tert-OH is 1. The predicted octanol–water partition coefficient (Wildman–Crippen LogP) is 2.16. The van der Waals surface area contributed by atoms with E-state index >= 15 is 0 Å². The lowest BCUT2D eigenvalue weighted by Crippen LogP contribution is -2.60. The van der Waals surface area contributed by atoms with E-state index in [4.69, 9.17) is 9.47 Å². The molecular weight excluding hydrogens is 478 g/mol. The second-order valence-electron chi connectivity index (χ2n) is 7.82. The molecule has 4 rings (SSSR count). The van der Waals surface area contributed by atoms with Crippen molar-refractivity contribution >= 4 is 35.2 Å². The van der Waals surface area contributed by atoms with Gasteiger partial charge in [-0.3, -0.25) is 24.6 Å². The van der Waals surface area contributed by atoms with E-state index in [0.717, 1.165) is 11.8 Å². The summed E-state index contributed by atoms with van der Waals surface area (Å²) in [6, 6.07) is 11.8. The number of hydrogen-bond donors (Lipinski definition) is 2. The molecule has 0 radical (unpaired) electrons. The maximum Gasteiger partial charge on any atom is 0.359 e. The Balaban J connectivity index is 1.54. The molecule has 0 aromatic heterocycles. The van der Waals surface area contributed by atoms with Crippen LogP contribution < -0.4 is 10.1 Å². The Kier molecular flexibility index (Phi) is 6.76. The van der Waals surface area contributed by atoms with Gasteiger partial charge in [0.05, 0.1) is 16.9 Å². The summed E-state index contributed by atoms with van der Waals surface area (Å²) < 4.78 is 11.3. The number of rotatable bonds is 8. The fourth-order valence-electron chi connectivity index (χ4n) is 3.67. The Morgan fingerprint density at radius 1 is 1.20 bits per heavy atom. The summed E-state index contributed by atoms with van der Waals surface area (Å²) >= 11 is 1.12. The largest absolute Gasteiger partial charge is 0.456 e. The minimum atomic E-state index is -0.917. The van der Waals surface area contributed by atoms with Gasteiger partial charge in [0.2, 0.25) is 5.91 Å². The fraction of sp³-hybridized carbons (Fsp3) is 0.261. The third kappa shape index (κ3) is 4.70. The molecule has 0 unspecified atom stereocenters. The maximum absolute atomic E-state index is 13.0. The van der Waals surface area contributed by atoms with E-state index in [0.29, 0.717) is 16.9 Å². The zero-order chi connectivity index (χ0) is 25.3. The molecule has 3 atom stereocenters. The van der Waals surface area contributed by atoms with Crippen LogP contribution in [0.1, 0.15) is 22.8 Å². The Morgan fingerprint density at radius 3 is 2.43 bits per heavy atom. The SMILES string of the molecule is CNC(=O)c1ccc(OC2=C(C(=O)OCc3ccc([N+](=O)[O-])cc3)N3C(=O)[C@H]([C@@H](C)O)[C@H]3S2)cc1. The minimum Gasteiger partial charge on any atom is -0.456 e. The van der Waals surface area contributed by atoms with Crippen molar-refractivity contribution in [1.82, 2.24) is 10.2 Å². The maximum atomic E-state index is 13.0. The number of nitrogens with zero attached hydrogens (tertiary/aromatic N) is 2. The first kappa shape index (κ1) is 24.2. The number of ether oxygens (including phenoxy) is 2. The molecule has 0 saturated carbocycles. The van der Waals surface area contributed by atoms with Crippen molar-refractivity contribution in [1.29, 1.82) is 0 Å². The number of aliphatic hydroxyl groups is 1. The summed E-state index contributed by atoms with van der Waals surface area (Å²) in [5.41, 5.74) is 0.769. The van der Waals surface area contributed by atoms with Gasteiger partial charge in [0, 0.05) is 24.7 Å². The normalized spacial score (nSPS) is 19.5. The summed E-state index contributed by atoms with van der Waals surface area (Å²) in [6.07, 6.45) is -0.917. The number of benzene rings is 2. The van der Waals surface area contributed by atoms with Gasteiger partial charge in [-0.2, -0.15) is 0 Å². The molecule has 0 bridgehead atoms. The van der Waals surface area contributed by atoms with Crippen molar-refractivity contribution in [2.24, 2.45) is 5.92 Å². The first-order valence-electron chi connectivity index (χ1n) is 10.5. The van der Waals surface area contributed by atoms with E-state index in [1.165, 1.54) is 43.1 Å². The van der Waals surface area contributed by atoms with Crippen LogP contribution in [0.25, 0.3) is 0 Å². The number of β-lactam (4-membered cyclic amide) rings is 1. The highest BCUT2D eigenvalue weighted by Crippen LogP contribution is 2.50. The van der Waals surface area contributed by atoms with Gasteiger partial charge in [-0.1, -0.05) is 11.8 Å². The van der Waals surface area contributed by atoms with Crippen LogP contribution in [-0.2, 0) is 20.9 Å². The van der Waals surface area contributed by atoms with Crippen molar-refractivity contribution in [2.45, 2.75) is 25.0 Å². The fourth-order valence-corrected chi connectivity index (χ4v) is 5.13. The lowest BCUT2D eigenvalue weighted by Gasteiger charge is -2.43. The Morgan fingerprint density at radius 2 is 1.86 bits per heavy atom. The molecule has 2 aliphatic rings. The van der Waals surface area contributed by atoms with Gasteiger partial charge < -0.3 is 19.9 Å². The van der Waals surface area contributed by atoms with Crippen LogP contribution in [0.15, 0.2) is 59.3 Å². The quantitative estimate of drug-likeness (QED) is 0.241. The molecule has 1 saturated heterocycles. The molecule has 0 spiro atoms. The second-order valence-corrected chi connectivity index (χ2v) is 8.91. The number of nitro benzene ring substituents is 1. The number of thioether (sulfide) groups is 1. The van der Waals surface area contributed by atoms with Crippen molar-refractivity contribution in [3.05, 3.63) is 80.6 Å². The monoisotopic (exact) mass is 499 g/mol. The van der Waals surface area contributed by atoms with E-state index < -0.39 is 34.2 Å². The van der Waals surface area contributed by atoms with Gasteiger partial charge >= 0.3 is 5.97 Å². The van der Waals surface area contributed by atoms with Crippen molar-refractivity contribution in [3.8, 4) is 5.75 Å². The van der Waals surface area contributed by atoms with Crippen LogP contribution in [0.5, 0.6) is 5.75 Å². The molecule has 12 heteroatoms. The van der Waals surface area contributed by atoms with Gasteiger partial charge in [0.25, 0.3) is 11.6 Å². The van der Waals surface area contributed by atoms with Crippen LogP contribution in [0.3, 0.4) is 0 Å².